The van der Waals surface area contributed by atoms with Crippen molar-refractivity contribution < 1.29 is 19.4 Å². The molecule has 2 rings (SSSR count). The van der Waals surface area contributed by atoms with Crippen molar-refractivity contribution in [1.29, 1.82) is 0 Å². The maximum atomic E-state index is 11.1. The van der Waals surface area contributed by atoms with Crippen molar-refractivity contribution in [1.82, 2.24) is 0 Å². The van der Waals surface area contributed by atoms with Crippen LogP contribution in [0.5, 0.6) is 5.75 Å². The molecule has 1 aliphatic rings. The van der Waals surface area contributed by atoms with Crippen LogP contribution in [0.3, 0.4) is 0 Å². The van der Waals surface area contributed by atoms with E-state index in [1.807, 2.05) is 26.8 Å². The molecular weight excluding hydrogens is 244 g/mol. The van der Waals surface area contributed by atoms with Gasteiger partial charge in [0.15, 0.2) is 0 Å². The third kappa shape index (κ3) is 2.21. The average Bonchev–Trinajstić information content (AvgIpc) is 2.29. The molecule has 4 nitrogen and oxygen atoms in total. The second-order valence-corrected chi connectivity index (χ2v) is 5.37. The van der Waals surface area contributed by atoms with Gasteiger partial charge in [0, 0.05) is 0 Å². The normalized spacial score (nSPS) is 16.8. The van der Waals surface area contributed by atoms with Crippen LogP contribution in [0.15, 0.2) is 6.07 Å². The van der Waals surface area contributed by atoms with Crippen LogP contribution in [0, 0.1) is 20.8 Å². The highest BCUT2D eigenvalue weighted by atomic mass is 16.5. The molecule has 0 amide bonds. The molecule has 0 aromatic heterocycles. The SMILES string of the molecule is COc1c(C)cc(C2(CC(=O)O)COC2)c(C)c1C. The standard InChI is InChI=1S/C15H20O4/c1-9-5-12(10(2)11(3)14(9)18-4)15(6-13(16)17)7-19-8-15/h5H,6-8H2,1-4H3,(H,16,17). The summed E-state index contributed by atoms with van der Waals surface area (Å²) in [5, 5.41) is 9.13. The summed E-state index contributed by atoms with van der Waals surface area (Å²) < 4.78 is 10.7. The summed E-state index contributed by atoms with van der Waals surface area (Å²) in [6.07, 6.45) is 0.110. The minimum atomic E-state index is -0.783. The number of aryl methyl sites for hydroxylation is 1. The van der Waals surface area contributed by atoms with Gasteiger partial charge in [0.1, 0.15) is 5.75 Å². The Bertz CT molecular complexity index is 515. The fourth-order valence-corrected chi connectivity index (χ4v) is 2.91. The van der Waals surface area contributed by atoms with Crippen LogP contribution >= 0.6 is 0 Å². The molecule has 1 saturated heterocycles. The fraction of sp³-hybridized carbons (Fsp3) is 0.533. The minimum Gasteiger partial charge on any atom is -0.496 e. The number of hydrogen-bond acceptors (Lipinski definition) is 3. The van der Waals surface area contributed by atoms with Crippen LogP contribution in [0.1, 0.15) is 28.7 Å². The largest absolute Gasteiger partial charge is 0.496 e. The van der Waals surface area contributed by atoms with Crippen LogP contribution in [-0.2, 0) is 14.9 Å². The Hall–Kier alpha value is -1.55. The van der Waals surface area contributed by atoms with Crippen molar-refractivity contribution in [3.63, 3.8) is 0 Å². The lowest BCUT2D eigenvalue weighted by Crippen LogP contribution is -2.48. The predicted molar refractivity (Wildman–Crippen MR) is 72.0 cm³/mol. The summed E-state index contributed by atoms with van der Waals surface area (Å²) >= 11 is 0. The van der Waals surface area contributed by atoms with Crippen LogP contribution in [0.2, 0.25) is 0 Å². The van der Waals surface area contributed by atoms with Crippen molar-refractivity contribution in [3.05, 3.63) is 28.3 Å². The highest BCUT2D eigenvalue weighted by Crippen LogP contribution is 2.41. The molecule has 1 aliphatic heterocycles. The number of benzene rings is 1. The van der Waals surface area contributed by atoms with Crippen molar-refractivity contribution in [2.75, 3.05) is 20.3 Å². The highest BCUT2D eigenvalue weighted by molar-refractivity contribution is 5.70. The Morgan fingerprint density at radius 2 is 2.00 bits per heavy atom. The number of rotatable bonds is 4. The lowest BCUT2D eigenvalue weighted by Gasteiger charge is -2.42. The predicted octanol–water partition coefficient (Wildman–Crippen LogP) is 2.36. The molecule has 0 spiro atoms. The van der Waals surface area contributed by atoms with E-state index >= 15 is 0 Å². The number of carboxylic acids is 1. The number of ether oxygens (including phenoxy) is 2. The van der Waals surface area contributed by atoms with Crippen molar-refractivity contribution in [2.45, 2.75) is 32.6 Å². The topological polar surface area (TPSA) is 55.8 Å². The van der Waals surface area contributed by atoms with Gasteiger partial charge in [-0.3, -0.25) is 4.79 Å². The first-order chi connectivity index (χ1) is 8.91. The third-order valence-corrected chi connectivity index (χ3v) is 4.05. The van der Waals surface area contributed by atoms with Crippen molar-refractivity contribution in [2.24, 2.45) is 0 Å². The first-order valence-corrected chi connectivity index (χ1v) is 6.36. The summed E-state index contributed by atoms with van der Waals surface area (Å²) in [5.41, 5.74) is 3.92. The maximum Gasteiger partial charge on any atom is 0.304 e. The van der Waals surface area contributed by atoms with Gasteiger partial charge in [0.25, 0.3) is 0 Å². The molecular formula is C15H20O4. The molecule has 0 saturated carbocycles. The van der Waals surface area contributed by atoms with E-state index in [0.717, 1.165) is 28.0 Å². The Morgan fingerprint density at radius 3 is 2.42 bits per heavy atom. The zero-order valence-electron chi connectivity index (χ0n) is 11.9. The summed E-state index contributed by atoms with van der Waals surface area (Å²) in [6.45, 7) is 6.98. The molecule has 0 atom stereocenters. The third-order valence-electron chi connectivity index (χ3n) is 4.05. The molecule has 1 heterocycles. The van der Waals surface area contributed by atoms with E-state index in [4.69, 9.17) is 14.6 Å². The second-order valence-electron chi connectivity index (χ2n) is 5.37. The molecule has 1 fully saturated rings. The van der Waals surface area contributed by atoms with Gasteiger partial charge in [-0.1, -0.05) is 6.07 Å². The Kier molecular flexibility index (Phi) is 3.54. The van der Waals surface area contributed by atoms with Crippen LogP contribution in [0.4, 0.5) is 0 Å². The molecule has 104 valence electrons. The lowest BCUT2D eigenvalue weighted by molar-refractivity contribution is -0.145. The quantitative estimate of drug-likeness (QED) is 0.907. The highest BCUT2D eigenvalue weighted by Gasteiger charge is 2.43. The number of carboxylic acid groups (broad SMARTS) is 1. The van der Waals surface area contributed by atoms with Crippen LogP contribution < -0.4 is 4.74 Å². The van der Waals surface area contributed by atoms with Crippen molar-refractivity contribution >= 4 is 5.97 Å². The molecule has 0 unspecified atom stereocenters. The average molecular weight is 264 g/mol. The molecule has 19 heavy (non-hydrogen) atoms. The molecule has 1 aromatic carbocycles. The van der Waals surface area contributed by atoms with E-state index < -0.39 is 5.97 Å². The van der Waals surface area contributed by atoms with Gasteiger partial charge in [-0.25, -0.2) is 0 Å². The number of methoxy groups -OCH3 is 1. The van der Waals surface area contributed by atoms with E-state index in [9.17, 15) is 4.79 Å². The summed E-state index contributed by atoms with van der Waals surface area (Å²) in [6, 6.07) is 2.05. The van der Waals surface area contributed by atoms with Gasteiger partial charge < -0.3 is 14.6 Å². The zero-order chi connectivity index (χ0) is 14.2. The van der Waals surface area contributed by atoms with Gasteiger partial charge in [-0.2, -0.15) is 0 Å². The van der Waals surface area contributed by atoms with E-state index in [2.05, 4.69) is 0 Å². The van der Waals surface area contributed by atoms with E-state index in [1.54, 1.807) is 7.11 Å². The second kappa shape index (κ2) is 4.85. The van der Waals surface area contributed by atoms with Gasteiger partial charge in [-0.05, 0) is 43.0 Å². The van der Waals surface area contributed by atoms with E-state index in [0.29, 0.717) is 13.2 Å². The van der Waals surface area contributed by atoms with Crippen LogP contribution in [0.25, 0.3) is 0 Å². The molecule has 0 bridgehead atoms. The van der Waals surface area contributed by atoms with E-state index in [1.165, 1.54) is 0 Å². The Labute approximate surface area is 113 Å². The Balaban J connectivity index is 2.53. The molecule has 0 radical (unpaired) electrons. The first-order valence-electron chi connectivity index (χ1n) is 6.36. The van der Waals surface area contributed by atoms with Crippen LogP contribution in [-0.4, -0.2) is 31.4 Å². The lowest BCUT2D eigenvalue weighted by atomic mass is 9.72. The molecule has 1 aromatic rings. The smallest absolute Gasteiger partial charge is 0.304 e. The number of hydrogen-bond donors (Lipinski definition) is 1. The molecule has 1 N–H and O–H groups in total. The summed E-state index contributed by atoms with van der Waals surface area (Å²) in [4.78, 5) is 11.1. The van der Waals surface area contributed by atoms with Gasteiger partial charge in [-0.15, -0.1) is 0 Å². The summed E-state index contributed by atoms with van der Waals surface area (Å²) in [5.74, 6) is 0.0980. The summed E-state index contributed by atoms with van der Waals surface area (Å²) in [7, 11) is 1.66. The maximum absolute atomic E-state index is 11.1. The fourth-order valence-electron chi connectivity index (χ4n) is 2.91. The van der Waals surface area contributed by atoms with Crippen molar-refractivity contribution in [3.8, 4) is 5.75 Å². The Morgan fingerprint density at radius 1 is 1.37 bits per heavy atom. The van der Waals surface area contributed by atoms with Gasteiger partial charge >= 0.3 is 5.97 Å². The molecule has 0 aliphatic carbocycles. The van der Waals surface area contributed by atoms with E-state index in [-0.39, 0.29) is 11.8 Å². The number of carbonyl (C=O) groups is 1. The van der Waals surface area contributed by atoms with Gasteiger partial charge in [0.05, 0.1) is 32.2 Å². The monoisotopic (exact) mass is 264 g/mol. The minimum absolute atomic E-state index is 0.110. The number of aliphatic carboxylic acids is 1. The first kappa shape index (κ1) is 13.9. The zero-order valence-corrected chi connectivity index (χ0v) is 11.9. The molecule has 4 heteroatoms. The van der Waals surface area contributed by atoms with Gasteiger partial charge in [0.2, 0.25) is 0 Å².